The second-order valence-electron chi connectivity index (χ2n) is 8.85. The molecule has 1 aromatic heterocycles. The van der Waals surface area contributed by atoms with Crippen molar-refractivity contribution in [2.24, 2.45) is 0 Å². The van der Waals surface area contributed by atoms with Crippen molar-refractivity contribution < 1.29 is 19.0 Å². The van der Waals surface area contributed by atoms with Crippen LogP contribution in [0.5, 0.6) is 5.75 Å². The number of methoxy groups -OCH3 is 1. The van der Waals surface area contributed by atoms with Gasteiger partial charge in [0.05, 0.1) is 37.0 Å². The lowest BCUT2D eigenvalue weighted by Crippen LogP contribution is -2.23. The number of hydrogen-bond acceptors (Lipinski definition) is 7. The molecule has 0 spiro atoms. The topological polar surface area (TPSA) is 60.9 Å². The van der Waals surface area contributed by atoms with E-state index >= 15 is 0 Å². The molecule has 0 aliphatic carbocycles. The molecule has 2 aromatic carbocycles. The molecule has 0 saturated heterocycles. The van der Waals surface area contributed by atoms with E-state index in [4.69, 9.17) is 14.2 Å². The molecule has 190 valence electrons. The normalized spacial score (nSPS) is 14.0. The Hall–Kier alpha value is -3.16. The summed E-state index contributed by atoms with van der Waals surface area (Å²) in [6, 6.07) is 14.3. The van der Waals surface area contributed by atoms with Crippen molar-refractivity contribution in [2.45, 2.75) is 52.9 Å². The predicted octanol–water partition coefficient (Wildman–Crippen LogP) is 6.63. The molecule has 2 heterocycles. The van der Waals surface area contributed by atoms with Gasteiger partial charge in [0.15, 0.2) is 6.29 Å². The van der Waals surface area contributed by atoms with E-state index in [1.807, 2.05) is 49.7 Å². The first-order chi connectivity index (χ1) is 17.5. The molecule has 0 saturated carbocycles. The number of rotatable bonds is 10. The molecule has 6 nitrogen and oxygen atoms in total. The number of nitrogens with zero attached hydrogens (tertiary/aromatic N) is 2. The molecular formula is C29H34N2O4S. The lowest BCUT2D eigenvalue weighted by molar-refractivity contribution is -0.133. The molecule has 4 rings (SSSR count). The van der Waals surface area contributed by atoms with Gasteiger partial charge < -0.3 is 19.1 Å². The van der Waals surface area contributed by atoms with Crippen LogP contribution in [0.25, 0.3) is 16.7 Å². The van der Waals surface area contributed by atoms with E-state index in [0.717, 1.165) is 66.2 Å². The number of thiazole rings is 1. The Kier molecular flexibility index (Phi) is 8.78. The Morgan fingerprint density at radius 3 is 2.64 bits per heavy atom. The van der Waals surface area contributed by atoms with Crippen LogP contribution < -0.4 is 9.64 Å². The van der Waals surface area contributed by atoms with E-state index in [1.165, 1.54) is 12.0 Å². The lowest BCUT2D eigenvalue weighted by atomic mass is 9.97. The van der Waals surface area contributed by atoms with Crippen LogP contribution in [0.1, 0.15) is 49.2 Å². The first kappa shape index (κ1) is 25.9. The van der Waals surface area contributed by atoms with E-state index < -0.39 is 0 Å². The third-order valence-corrected chi connectivity index (χ3v) is 7.22. The molecule has 7 heteroatoms. The summed E-state index contributed by atoms with van der Waals surface area (Å²) in [6.45, 7) is 8.36. The van der Waals surface area contributed by atoms with Crippen LogP contribution in [0.3, 0.4) is 0 Å². The Labute approximate surface area is 217 Å². The monoisotopic (exact) mass is 506 g/mol. The van der Waals surface area contributed by atoms with Gasteiger partial charge in [-0.2, -0.15) is 0 Å². The summed E-state index contributed by atoms with van der Waals surface area (Å²) in [7, 11) is 1.43. The number of fused-ring (bicyclic) bond motifs is 1. The summed E-state index contributed by atoms with van der Waals surface area (Å²) < 4.78 is 16.7. The largest absolute Gasteiger partial charge is 0.465 e. The summed E-state index contributed by atoms with van der Waals surface area (Å²) in [6.07, 6.45) is 4.57. The zero-order valence-electron chi connectivity index (χ0n) is 21.5. The standard InChI is InChI=1S/C29H34N2O4S/c1-5-6-16-34-21(3)35-24-12-9-22(10-13-24)23-11-14-27-26(17-23)25(29(32)33-4)8-7-15-31(27)18-28-20(2)30-19-36-28/h8-14,17,19,21H,5-7,15-16,18H2,1-4H3. The summed E-state index contributed by atoms with van der Waals surface area (Å²) in [5.41, 5.74) is 7.53. The molecule has 0 amide bonds. The number of carbonyl (C=O) groups is 1. The number of unbranched alkanes of at least 4 members (excludes halogenated alkanes) is 1. The van der Waals surface area contributed by atoms with Crippen molar-refractivity contribution in [1.82, 2.24) is 4.98 Å². The molecule has 36 heavy (non-hydrogen) atoms. The number of benzene rings is 2. The predicted molar refractivity (Wildman–Crippen MR) is 145 cm³/mol. The lowest BCUT2D eigenvalue weighted by Gasteiger charge is -2.25. The van der Waals surface area contributed by atoms with Gasteiger partial charge in [0, 0.05) is 22.7 Å². The Morgan fingerprint density at radius 1 is 1.17 bits per heavy atom. The van der Waals surface area contributed by atoms with Crippen LogP contribution >= 0.6 is 11.3 Å². The number of anilines is 1. The van der Waals surface area contributed by atoms with Crippen LogP contribution in [-0.4, -0.2) is 37.5 Å². The SMILES string of the molecule is CCCCOC(C)Oc1ccc(-c2ccc3c(c2)C(C(=O)OC)=CCCN3Cc2scnc2C)cc1. The highest BCUT2D eigenvalue weighted by Gasteiger charge is 2.24. The zero-order valence-corrected chi connectivity index (χ0v) is 22.3. The van der Waals surface area contributed by atoms with E-state index in [9.17, 15) is 4.79 Å². The van der Waals surface area contributed by atoms with Gasteiger partial charge in [-0.3, -0.25) is 0 Å². The first-order valence-electron chi connectivity index (χ1n) is 12.5. The average Bonchev–Trinajstić information content (AvgIpc) is 3.20. The second-order valence-corrected chi connectivity index (χ2v) is 9.79. The first-order valence-corrected chi connectivity index (χ1v) is 13.3. The van der Waals surface area contributed by atoms with Crippen molar-refractivity contribution in [1.29, 1.82) is 0 Å². The highest BCUT2D eigenvalue weighted by atomic mass is 32.1. The van der Waals surface area contributed by atoms with Crippen molar-refractivity contribution in [3.05, 3.63) is 70.2 Å². The van der Waals surface area contributed by atoms with Gasteiger partial charge in [0.1, 0.15) is 5.75 Å². The number of hydrogen-bond donors (Lipinski definition) is 0. The highest BCUT2D eigenvalue weighted by molar-refractivity contribution is 7.09. The summed E-state index contributed by atoms with van der Waals surface area (Å²) >= 11 is 1.66. The Morgan fingerprint density at radius 2 is 1.94 bits per heavy atom. The molecule has 0 radical (unpaired) electrons. The molecule has 1 atom stereocenters. The molecule has 0 bridgehead atoms. The van der Waals surface area contributed by atoms with Crippen molar-refractivity contribution in [2.75, 3.05) is 25.2 Å². The fourth-order valence-corrected chi connectivity index (χ4v) is 5.06. The van der Waals surface area contributed by atoms with Crippen molar-refractivity contribution in [3.63, 3.8) is 0 Å². The number of aromatic nitrogens is 1. The maximum atomic E-state index is 12.7. The minimum absolute atomic E-state index is 0.296. The van der Waals surface area contributed by atoms with Gasteiger partial charge in [-0.1, -0.05) is 37.6 Å². The molecule has 1 unspecified atom stereocenters. The summed E-state index contributed by atoms with van der Waals surface area (Å²) in [5, 5.41) is 0. The van der Waals surface area contributed by atoms with Gasteiger partial charge in [-0.15, -0.1) is 11.3 Å². The molecular weight excluding hydrogens is 472 g/mol. The minimum Gasteiger partial charge on any atom is -0.465 e. The third-order valence-electron chi connectivity index (χ3n) is 6.30. The van der Waals surface area contributed by atoms with Crippen LogP contribution in [0, 0.1) is 6.92 Å². The molecule has 3 aromatic rings. The maximum absolute atomic E-state index is 12.7. The third kappa shape index (κ3) is 6.15. The smallest absolute Gasteiger partial charge is 0.338 e. The van der Waals surface area contributed by atoms with Gasteiger partial charge in [-0.05, 0) is 62.1 Å². The average molecular weight is 507 g/mol. The van der Waals surface area contributed by atoms with E-state index in [-0.39, 0.29) is 12.3 Å². The van der Waals surface area contributed by atoms with Crippen LogP contribution in [-0.2, 0) is 20.8 Å². The zero-order chi connectivity index (χ0) is 25.5. The second kappa shape index (κ2) is 12.2. The number of aryl methyl sites for hydroxylation is 1. The number of esters is 1. The highest BCUT2D eigenvalue weighted by Crippen LogP contribution is 2.36. The van der Waals surface area contributed by atoms with Crippen molar-refractivity contribution >= 4 is 28.6 Å². The Balaban J connectivity index is 1.60. The number of carbonyl (C=O) groups excluding carboxylic acids is 1. The molecule has 1 aliphatic rings. The molecule has 1 aliphatic heterocycles. The van der Waals surface area contributed by atoms with E-state index in [1.54, 1.807) is 11.3 Å². The molecule has 0 fully saturated rings. The van der Waals surface area contributed by atoms with Crippen LogP contribution in [0.15, 0.2) is 54.1 Å². The van der Waals surface area contributed by atoms with Crippen LogP contribution in [0.2, 0.25) is 0 Å². The number of ether oxygens (including phenoxy) is 3. The Bertz CT molecular complexity index is 1200. The summed E-state index contributed by atoms with van der Waals surface area (Å²) in [4.78, 5) is 20.7. The fourth-order valence-electron chi connectivity index (χ4n) is 4.27. The minimum atomic E-state index is -0.315. The fraction of sp³-hybridized carbons (Fsp3) is 0.379. The van der Waals surface area contributed by atoms with Gasteiger partial charge >= 0.3 is 5.97 Å². The van der Waals surface area contributed by atoms with Gasteiger partial charge in [-0.25, -0.2) is 9.78 Å². The van der Waals surface area contributed by atoms with E-state index in [2.05, 4.69) is 35.0 Å². The quantitative estimate of drug-likeness (QED) is 0.175. The maximum Gasteiger partial charge on any atom is 0.338 e. The van der Waals surface area contributed by atoms with Gasteiger partial charge in [0.25, 0.3) is 0 Å². The molecule has 0 N–H and O–H groups in total. The van der Waals surface area contributed by atoms with Crippen LogP contribution in [0.4, 0.5) is 5.69 Å². The van der Waals surface area contributed by atoms with Gasteiger partial charge in [0.2, 0.25) is 0 Å². The van der Waals surface area contributed by atoms with E-state index in [0.29, 0.717) is 12.2 Å². The summed E-state index contributed by atoms with van der Waals surface area (Å²) in [5.74, 6) is 0.448. The van der Waals surface area contributed by atoms with Crippen molar-refractivity contribution in [3.8, 4) is 16.9 Å².